The molecule has 0 atom stereocenters. The summed E-state index contributed by atoms with van der Waals surface area (Å²) in [5, 5.41) is 5.37. The van der Waals surface area contributed by atoms with Gasteiger partial charge in [0.05, 0.1) is 15.7 Å². The number of anilines is 1. The lowest BCUT2D eigenvalue weighted by molar-refractivity contribution is -0.136. The van der Waals surface area contributed by atoms with Crippen LogP contribution in [-0.4, -0.2) is 16.8 Å². The molecule has 0 aliphatic rings. The number of carbonyl (C=O) groups excluding carboxylic acids is 2. The second kappa shape index (κ2) is 7.06. The normalized spacial score (nSPS) is 10.0. The van der Waals surface area contributed by atoms with Gasteiger partial charge in [0, 0.05) is 18.9 Å². The fraction of sp³-hybridized carbons (Fsp3) is 0.0714. The van der Waals surface area contributed by atoms with Crippen LogP contribution in [0.1, 0.15) is 5.56 Å². The molecular weight excluding hydrogens is 313 g/mol. The Balaban J connectivity index is 1.94. The molecule has 0 aliphatic carbocycles. The minimum Gasteiger partial charge on any atom is -0.344 e. The van der Waals surface area contributed by atoms with Crippen molar-refractivity contribution in [2.45, 2.75) is 6.54 Å². The number of nitrogens with zero attached hydrogens (tertiary/aromatic N) is 1. The monoisotopic (exact) mass is 323 g/mol. The average Bonchev–Trinajstić information content (AvgIpc) is 2.50. The van der Waals surface area contributed by atoms with Crippen molar-refractivity contribution in [1.29, 1.82) is 0 Å². The molecule has 7 heteroatoms. The standard InChI is InChI=1S/C14H11Cl2N3O2/c15-10-4-1-5-11(12(10)16)19-14(21)13(20)18-8-9-3-2-6-17-7-9/h1-7H,8H2,(H,18,20)(H,19,21). The average molecular weight is 324 g/mol. The number of nitrogens with one attached hydrogen (secondary N) is 2. The lowest BCUT2D eigenvalue weighted by atomic mass is 10.3. The number of hydrogen-bond acceptors (Lipinski definition) is 3. The fourth-order valence-electron chi connectivity index (χ4n) is 1.54. The summed E-state index contributed by atoms with van der Waals surface area (Å²) in [6.45, 7) is 0.212. The van der Waals surface area contributed by atoms with E-state index in [9.17, 15) is 9.59 Å². The smallest absolute Gasteiger partial charge is 0.313 e. The van der Waals surface area contributed by atoms with E-state index in [0.717, 1.165) is 5.56 Å². The van der Waals surface area contributed by atoms with Gasteiger partial charge in [-0.15, -0.1) is 0 Å². The molecule has 2 N–H and O–H groups in total. The molecule has 0 saturated heterocycles. The van der Waals surface area contributed by atoms with Gasteiger partial charge in [0.25, 0.3) is 0 Å². The second-order valence-corrected chi connectivity index (χ2v) is 4.88. The minimum atomic E-state index is -0.817. The van der Waals surface area contributed by atoms with E-state index in [1.54, 1.807) is 42.7 Å². The molecule has 0 spiro atoms. The van der Waals surface area contributed by atoms with E-state index < -0.39 is 11.8 Å². The van der Waals surface area contributed by atoms with Crippen LogP contribution >= 0.6 is 23.2 Å². The zero-order valence-electron chi connectivity index (χ0n) is 10.8. The molecule has 0 radical (unpaired) electrons. The van der Waals surface area contributed by atoms with Gasteiger partial charge in [-0.2, -0.15) is 0 Å². The molecule has 2 amide bonds. The Hall–Kier alpha value is -2.11. The van der Waals surface area contributed by atoms with E-state index in [0.29, 0.717) is 5.02 Å². The van der Waals surface area contributed by atoms with Crippen LogP contribution in [0.3, 0.4) is 0 Å². The van der Waals surface area contributed by atoms with E-state index in [1.807, 2.05) is 0 Å². The number of benzene rings is 1. The Bertz CT molecular complexity index is 663. The third-order valence-electron chi connectivity index (χ3n) is 2.58. The molecule has 0 saturated carbocycles. The Labute approximate surface area is 131 Å². The number of aromatic nitrogens is 1. The van der Waals surface area contributed by atoms with Gasteiger partial charge in [0.15, 0.2) is 0 Å². The third kappa shape index (κ3) is 4.18. The lowest BCUT2D eigenvalue weighted by Crippen LogP contribution is -2.35. The zero-order valence-corrected chi connectivity index (χ0v) is 12.3. The predicted octanol–water partition coefficient (Wildman–Crippen LogP) is 2.64. The summed E-state index contributed by atoms with van der Waals surface area (Å²) in [5.74, 6) is -1.59. The molecule has 21 heavy (non-hydrogen) atoms. The fourth-order valence-corrected chi connectivity index (χ4v) is 1.89. The summed E-state index contributed by atoms with van der Waals surface area (Å²) >= 11 is 11.8. The minimum absolute atomic E-state index is 0.188. The maximum Gasteiger partial charge on any atom is 0.313 e. The second-order valence-electron chi connectivity index (χ2n) is 4.10. The molecular formula is C14H11Cl2N3O2. The van der Waals surface area contributed by atoms with Gasteiger partial charge >= 0.3 is 11.8 Å². The van der Waals surface area contributed by atoms with Gasteiger partial charge in [-0.25, -0.2) is 0 Å². The highest BCUT2D eigenvalue weighted by atomic mass is 35.5. The van der Waals surface area contributed by atoms with Gasteiger partial charge in [-0.1, -0.05) is 35.3 Å². The third-order valence-corrected chi connectivity index (χ3v) is 3.40. The quantitative estimate of drug-likeness (QED) is 0.853. The molecule has 0 aliphatic heterocycles. The van der Waals surface area contributed by atoms with Crippen LogP contribution < -0.4 is 10.6 Å². The predicted molar refractivity (Wildman–Crippen MR) is 81.2 cm³/mol. The molecule has 2 aromatic rings. The van der Waals surface area contributed by atoms with Crippen molar-refractivity contribution < 1.29 is 9.59 Å². The van der Waals surface area contributed by atoms with Gasteiger partial charge in [0.1, 0.15) is 0 Å². The molecule has 0 bridgehead atoms. The number of carbonyl (C=O) groups is 2. The van der Waals surface area contributed by atoms with Gasteiger partial charge in [0.2, 0.25) is 0 Å². The maximum atomic E-state index is 11.8. The van der Waals surface area contributed by atoms with Crippen molar-refractivity contribution in [1.82, 2.24) is 10.3 Å². The van der Waals surface area contributed by atoms with Gasteiger partial charge in [-0.3, -0.25) is 14.6 Å². The first-order chi connectivity index (χ1) is 10.1. The van der Waals surface area contributed by atoms with Gasteiger partial charge in [-0.05, 0) is 23.8 Å². The largest absolute Gasteiger partial charge is 0.344 e. The summed E-state index contributed by atoms with van der Waals surface area (Å²) in [6.07, 6.45) is 3.23. The van der Waals surface area contributed by atoms with Crippen LogP contribution in [0, 0.1) is 0 Å². The van der Waals surface area contributed by atoms with Crippen molar-refractivity contribution in [3.63, 3.8) is 0 Å². The number of rotatable bonds is 3. The highest BCUT2D eigenvalue weighted by Gasteiger charge is 2.15. The van der Waals surface area contributed by atoms with Crippen molar-refractivity contribution >= 4 is 40.7 Å². The van der Waals surface area contributed by atoms with Crippen molar-refractivity contribution in [3.05, 3.63) is 58.3 Å². The molecule has 2 rings (SSSR count). The highest BCUT2D eigenvalue weighted by Crippen LogP contribution is 2.29. The molecule has 1 aromatic heterocycles. The Morgan fingerprint density at radius 3 is 2.62 bits per heavy atom. The van der Waals surface area contributed by atoms with Crippen LogP contribution in [0.25, 0.3) is 0 Å². The van der Waals surface area contributed by atoms with Crippen molar-refractivity contribution in [2.75, 3.05) is 5.32 Å². The highest BCUT2D eigenvalue weighted by molar-refractivity contribution is 6.45. The summed E-state index contributed by atoms with van der Waals surface area (Å²) < 4.78 is 0. The van der Waals surface area contributed by atoms with Crippen molar-refractivity contribution in [2.24, 2.45) is 0 Å². The molecule has 0 fully saturated rings. The Kier molecular flexibility index (Phi) is 5.14. The summed E-state index contributed by atoms with van der Waals surface area (Å²) in [7, 11) is 0. The number of hydrogen-bond donors (Lipinski definition) is 2. The molecule has 0 unspecified atom stereocenters. The van der Waals surface area contributed by atoms with E-state index in [2.05, 4.69) is 15.6 Å². The maximum absolute atomic E-state index is 11.8. The Morgan fingerprint density at radius 2 is 1.90 bits per heavy atom. The van der Waals surface area contributed by atoms with Crippen LogP contribution in [0.2, 0.25) is 10.0 Å². The first-order valence-corrected chi connectivity index (χ1v) is 6.75. The number of amides is 2. The topological polar surface area (TPSA) is 71.1 Å². The molecule has 5 nitrogen and oxygen atoms in total. The number of halogens is 2. The summed E-state index contributed by atoms with van der Waals surface area (Å²) in [5.41, 5.74) is 1.07. The van der Waals surface area contributed by atoms with Crippen LogP contribution in [0.15, 0.2) is 42.7 Å². The SMILES string of the molecule is O=C(NCc1cccnc1)C(=O)Nc1cccc(Cl)c1Cl. The molecule has 108 valence electrons. The van der Waals surface area contributed by atoms with Crippen LogP contribution in [0.4, 0.5) is 5.69 Å². The molecule has 1 aromatic carbocycles. The number of pyridine rings is 1. The van der Waals surface area contributed by atoms with Crippen LogP contribution in [-0.2, 0) is 16.1 Å². The van der Waals surface area contributed by atoms with Crippen LogP contribution in [0.5, 0.6) is 0 Å². The molecule has 1 heterocycles. The Morgan fingerprint density at radius 1 is 1.10 bits per heavy atom. The van der Waals surface area contributed by atoms with E-state index in [4.69, 9.17) is 23.2 Å². The van der Waals surface area contributed by atoms with Gasteiger partial charge < -0.3 is 10.6 Å². The van der Waals surface area contributed by atoms with E-state index in [1.165, 1.54) is 0 Å². The van der Waals surface area contributed by atoms with E-state index in [-0.39, 0.29) is 17.3 Å². The van der Waals surface area contributed by atoms with E-state index >= 15 is 0 Å². The first kappa shape index (κ1) is 15.3. The summed E-state index contributed by atoms with van der Waals surface area (Å²) in [4.78, 5) is 27.4. The van der Waals surface area contributed by atoms with Crippen molar-refractivity contribution in [3.8, 4) is 0 Å². The zero-order chi connectivity index (χ0) is 15.2. The lowest BCUT2D eigenvalue weighted by Gasteiger charge is -2.08. The summed E-state index contributed by atoms with van der Waals surface area (Å²) in [6, 6.07) is 8.30. The first-order valence-electron chi connectivity index (χ1n) is 6.00.